The molecule has 0 unspecified atom stereocenters. The van der Waals surface area contributed by atoms with Crippen molar-refractivity contribution < 1.29 is 24.6 Å². The van der Waals surface area contributed by atoms with Gasteiger partial charge in [-0.15, -0.1) is 0 Å². The second-order valence-corrected chi connectivity index (χ2v) is 4.07. The van der Waals surface area contributed by atoms with Crippen LogP contribution in [0.15, 0.2) is 24.4 Å². The number of fused-ring (bicyclic) bond motifs is 1. The summed E-state index contributed by atoms with van der Waals surface area (Å²) < 4.78 is 0. The largest absolute Gasteiger partial charge is 0.478 e. The minimum atomic E-state index is -1.26. The van der Waals surface area contributed by atoms with Gasteiger partial charge in [0.1, 0.15) is 5.56 Å². The predicted molar refractivity (Wildman–Crippen MR) is 70.0 cm³/mol. The first-order valence-electron chi connectivity index (χ1n) is 5.57. The molecule has 3 N–H and O–H groups in total. The lowest BCUT2D eigenvalue weighted by Crippen LogP contribution is -2.12. The zero-order chi connectivity index (χ0) is 14.9. The molecule has 0 aliphatic heterocycles. The van der Waals surface area contributed by atoms with Gasteiger partial charge in [0, 0.05) is 18.5 Å². The molecule has 0 radical (unpaired) electrons. The monoisotopic (exact) mass is 274 g/mol. The fourth-order valence-electron chi connectivity index (χ4n) is 1.80. The molecule has 0 atom stereocenters. The fraction of sp³-hybridized carbons (Fsp3) is 0.0769. The molecule has 0 spiro atoms. The topological polar surface area (TPSA) is 117 Å². The van der Waals surface area contributed by atoms with Crippen LogP contribution in [-0.2, 0) is 4.79 Å². The van der Waals surface area contributed by atoms with Crippen LogP contribution >= 0.6 is 0 Å². The second-order valence-electron chi connectivity index (χ2n) is 4.07. The van der Waals surface area contributed by atoms with Crippen LogP contribution in [0.25, 0.3) is 10.9 Å². The van der Waals surface area contributed by atoms with Gasteiger partial charge >= 0.3 is 11.9 Å². The summed E-state index contributed by atoms with van der Waals surface area (Å²) in [5.74, 6) is -2.87. The Labute approximate surface area is 112 Å². The SMILES string of the molecule is CC(=O)Nc1c(C(=O)O)cnc2ccc(C(=O)O)cc12. The molecule has 1 aromatic carbocycles. The molecular weight excluding hydrogens is 264 g/mol. The van der Waals surface area contributed by atoms with Gasteiger partial charge in [-0.25, -0.2) is 9.59 Å². The fourth-order valence-corrected chi connectivity index (χ4v) is 1.80. The molecule has 0 aliphatic rings. The maximum absolute atomic E-state index is 11.2. The molecule has 1 heterocycles. The number of anilines is 1. The first-order valence-corrected chi connectivity index (χ1v) is 5.57. The molecular formula is C13H10N2O5. The Hall–Kier alpha value is -2.96. The van der Waals surface area contributed by atoms with Gasteiger partial charge in [-0.1, -0.05) is 0 Å². The molecule has 0 saturated heterocycles. The number of carboxylic acid groups (broad SMARTS) is 2. The van der Waals surface area contributed by atoms with Crippen molar-refractivity contribution in [2.24, 2.45) is 0 Å². The number of benzene rings is 1. The number of carbonyl (C=O) groups is 3. The van der Waals surface area contributed by atoms with E-state index in [9.17, 15) is 14.4 Å². The van der Waals surface area contributed by atoms with Crippen LogP contribution in [0, 0.1) is 0 Å². The molecule has 0 aliphatic carbocycles. The molecule has 0 fully saturated rings. The predicted octanol–water partition coefficient (Wildman–Crippen LogP) is 1.59. The van der Waals surface area contributed by atoms with Gasteiger partial charge in [-0.2, -0.15) is 0 Å². The molecule has 1 amide bonds. The highest BCUT2D eigenvalue weighted by molar-refractivity contribution is 6.10. The molecule has 1 aromatic heterocycles. The van der Waals surface area contributed by atoms with E-state index in [4.69, 9.17) is 10.2 Å². The Morgan fingerprint density at radius 3 is 2.40 bits per heavy atom. The average molecular weight is 274 g/mol. The normalized spacial score (nSPS) is 10.2. The van der Waals surface area contributed by atoms with Crippen molar-refractivity contribution in [3.63, 3.8) is 0 Å². The van der Waals surface area contributed by atoms with Crippen molar-refractivity contribution in [1.29, 1.82) is 0 Å². The van der Waals surface area contributed by atoms with E-state index < -0.39 is 17.8 Å². The molecule has 7 nitrogen and oxygen atoms in total. The summed E-state index contributed by atoms with van der Waals surface area (Å²) in [7, 11) is 0. The quantitative estimate of drug-likeness (QED) is 0.782. The summed E-state index contributed by atoms with van der Waals surface area (Å²) in [5.41, 5.74) is 0.213. The van der Waals surface area contributed by atoms with Gasteiger partial charge in [0.2, 0.25) is 5.91 Å². The smallest absolute Gasteiger partial charge is 0.339 e. The third-order valence-electron chi connectivity index (χ3n) is 2.65. The number of hydrogen-bond acceptors (Lipinski definition) is 4. The van der Waals surface area contributed by atoms with E-state index in [1.165, 1.54) is 25.1 Å². The lowest BCUT2D eigenvalue weighted by molar-refractivity contribution is -0.114. The lowest BCUT2D eigenvalue weighted by atomic mass is 10.1. The van der Waals surface area contributed by atoms with Gasteiger partial charge in [0.05, 0.1) is 16.8 Å². The maximum Gasteiger partial charge on any atom is 0.339 e. The molecule has 2 aromatic rings. The van der Waals surface area contributed by atoms with Gasteiger partial charge in [0.15, 0.2) is 0 Å². The zero-order valence-corrected chi connectivity index (χ0v) is 10.4. The summed E-state index contributed by atoms with van der Waals surface area (Å²) in [4.78, 5) is 37.3. The summed E-state index contributed by atoms with van der Waals surface area (Å²) in [6, 6.07) is 4.09. The second kappa shape index (κ2) is 4.96. The Kier molecular flexibility index (Phi) is 3.34. The number of carboxylic acids is 2. The highest BCUT2D eigenvalue weighted by Crippen LogP contribution is 2.27. The number of carbonyl (C=O) groups excluding carboxylic acids is 1. The summed E-state index contributed by atoms with van der Waals surface area (Å²) >= 11 is 0. The number of nitrogens with zero attached hydrogens (tertiary/aromatic N) is 1. The Morgan fingerprint density at radius 2 is 1.85 bits per heavy atom. The van der Waals surface area contributed by atoms with Crippen molar-refractivity contribution in [2.75, 3.05) is 5.32 Å². The van der Waals surface area contributed by atoms with Crippen LogP contribution in [0.1, 0.15) is 27.6 Å². The highest BCUT2D eigenvalue weighted by Gasteiger charge is 2.17. The van der Waals surface area contributed by atoms with Crippen molar-refractivity contribution in [1.82, 2.24) is 4.98 Å². The van der Waals surface area contributed by atoms with E-state index in [-0.39, 0.29) is 22.2 Å². The number of rotatable bonds is 3. The van der Waals surface area contributed by atoms with Crippen LogP contribution in [0.2, 0.25) is 0 Å². The van der Waals surface area contributed by atoms with Crippen LogP contribution in [0.3, 0.4) is 0 Å². The number of pyridine rings is 1. The highest BCUT2D eigenvalue weighted by atomic mass is 16.4. The van der Waals surface area contributed by atoms with Crippen LogP contribution < -0.4 is 5.32 Å². The van der Waals surface area contributed by atoms with Gasteiger partial charge < -0.3 is 15.5 Å². The van der Waals surface area contributed by atoms with E-state index in [0.717, 1.165) is 6.20 Å². The third kappa shape index (κ3) is 2.41. The van der Waals surface area contributed by atoms with E-state index in [1.54, 1.807) is 0 Å². The average Bonchev–Trinajstić information content (AvgIpc) is 2.37. The van der Waals surface area contributed by atoms with Gasteiger partial charge in [-0.05, 0) is 18.2 Å². The lowest BCUT2D eigenvalue weighted by Gasteiger charge is -2.10. The van der Waals surface area contributed by atoms with Crippen molar-refractivity contribution in [2.45, 2.75) is 6.92 Å². The minimum absolute atomic E-state index is 0.0200. The standard InChI is InChI=1S/C13H10N2O5/c1-6(16)15-11-8-4-7(12(17)18)2-3-10(8)14-5-9(11)13(19)20/h2-5H,1H3,(H,17,18)(H,19,20)(H,14,15,16). The summed E-state index contributed by atoms with van der Waals surface area (Å²) in [6.07, 6.45) is 1.12. The van der Waals surface area contributed by atoms with Gasteiger partial charge in [-0.3, -0.25) is 9.78 Å². The number of nitrogens with one attached hydrogen (secondary N) is 1. The first kappa shape index (κ1) is 13.5. The van der Waals surface area contributed by atoms with Crippen LogP contribution in [0.4, 0.5) is 5.69 Å². The Balaban J connectivity index is 2.79. The van der Waals surface area contributed by atoms with Crippen molar-refractivity contribution in [3.8, 4) is 0 Å². The molecule has 102 valence electrons. The molecule has 2 rings (SSSR count). The van der Waals surface area contributed by atoms with Crippen LogP contribution in [0.5, 0.6) is 0 Å². The van der Waals surface area contributed by atoms with E-state index in [0.29, 0.717) is 5.52 Å². The Bertz CT molecular complexity index is 734. The minimum Gasteiger partial charge on any atom is -0.478 e. The number of amides is 1. The van der Waals surface area contributed by atoms with Crippen molar-refractivity contribution >= 4 is 34.4 Å². The summed E-state index contributed by atoms with van der Waals surface area (Å²) in [5, 5.41) is 20.8. The Morgan fingerprint density at radius 1 is 1.15 bits per heavy atom. The molecule has 20 heavy (non-hydrogen) atoms. The van der Waals surface area contributed by atoms with E-state index in [2.05, 4.69) is 10.3 Å². The van der Waals surface area contributed by atoms with Crippen LogP contribution in [-0.4, -0.2) is 33.0 Å². The number of hydrogen-bond donors (Lipinski definition) is 3. The van der Waals surface area contributed by atoms with E-state index in [1.807, 2.05) is 0 Å². The summed E-state index contributed by atoms with van der Waals surface area (Å²) in [6.45, 7) is 1.24. The zero-order valence-electron chi connectivity index (χ0n) is 10.4. The maximum atomic E-state index is 11.2. The van der Waals surface area contributed by atoms with Crippen molar-refractivity contribution in [3.05, 3.63) is 35.5 Å². The molecule has 0 saturated carbocycles. The van der Waals surface area contributed by atoms with E-state index >= 15 is 0 Å². The molecule has 7 heteroatoms. The molecule has 0 bridgehead atoms. The van der Waals surface area contributed by atoms with Gasteiger partial charge in [0.25, 0.3) is 0 Å². The number of aromatic carboxylic acids is 2. The number of aromatic nitrogens is 1. The first-order chi connectivity index (χ1) is 9.40. The third-order valence-corrected chi connectivity index (χ3v) is 2.65.